The second kappa shape index (κ2) is 4.16. The van der Waals surface area contributed by atoms with E-state index >= 15 is 0 Å². The number of benzene rings is 1. The van der Waals surface area contributed by atoms with Crippen molar-refractivity contribution in [2.75, 3.05) is 0 Å². The van der Waals surface area contributed by atoms with E-state index in [4.69, 9.17) is 4.42 Å². The second-order valence-corrected chi connectivity index (χ2v) is 4.60. The first-order valence-corrected chi connectivity index (χ1v) is 6.06. The van der Waals surface area contributed by atoms with Crippen LogP contribution in [0, 0.1) is 13.8 Å². The van der Waals surface area contributed by atoms with E-state index in [1.807, 2.05) is 0 Å². The molecule has 0 saturated carbocycles. The summed E-state index contributed by atoms with van der Waals surface area (Å²) in [6.45, 7) is 3.30. The molecule has 100 valence electrons. The van der Waals surface area contributed by atoms with Gasteiger partial charge >= 0.3 is 11.6 Å². The molecule has 0 amide bonds. The third-order valence-corrected chi connectivity index (χ3v) is 3.34. The third-order valence-electron chi connectivity index (χ3n) is 3.34. The Kier molecular flexibility index (Phi) is 2.57. The molecule has 1 N–H and O–H groups in total. The Morgan fingerprint density at radius 2 is 1.85 bits per heavy atom. The topological polar surface area (TPSA) is 80.4 Å². The van der Waals surface area contributed by atoms with Gasteiger partial charge in [-0.3, -0.25) is 4.98 Å². The first kappa shape index (κ1) is 12.3. The first-order chi connectivity index (χ1) is 9.50. The molecule has 0 aliphatic rings. The molecule has 3 aromatic rings. The number of carbonyl (C=O) groups is 1. The van der Waals surface area contributed by atoms with Crippen molar-refractivity contribution >= 4 is 27.7 Å². The van der Waals surface area contributed by atoms with Gasteiger partial charge in [0.2, 0.25) is 0 Å². The van der Waals surface area contributed by atoms with Gasteiger partial charge in [0.15, 0.2) is 0 Å². The number of aromatic nitrogens is 1. The fourth-order valence-electron chi connectivity index (χ4n) is 2.54. The first-order valence-electron chi connectivity index (χ1n) is 6.06. The van der Waals surface area contributed by atoms with Crippen LogP contribution >= 0.6 is 0 Å². The highest BCUT2D eigenvalue weighted by molar-refractivity contribution is 6.15. The minimum atomic E-state index is -1.10. The van der Waals surface area contributed by atoms with E-state index < -0.39 is 11.6 Å². The molecule has 20 heavy (non-hydrogen) atoms. The van der Waals surface area contributed by atoms with Crippen molar-refractivity contribution in [3.63, 3.8) is 0 Å². The minimum Gasteiger partial charge on any atom is -0.478 e. The molecule has 0 fully saturated rings. The molecule has 5 heteroatoms. The van der Waals surface area contributed by atoms with Crippen LogP contribution in [0.3, 0.4) is 0 Å². The summed E-state index contributed by atoms with van der Waals surface area (Å²) in [7, 11) is 0. The highest BCUT2D eigenvalue weighted by atomic mass is 16.4. The molecular formula is C15H11NO4. The Morgan fingerprint density at radius 3 is 2.55 bits per heavy atom. The average Bonchev–Trinajstić information content (AvgIpc) is 2.37. The standard InChI is InChI=1S/C15H11NO4/c1-7-11(14(17)18)13-9-5-3-4-6-10(9)20-15(19)12(13)8(2)16-7/h3-6H,1-2H3,(H,17,18). The molecule has 0 saturated heterocycles. The van der Waals surface area contributed by atoms with Crippen molar-refractivity contribution in [2.24, 2.45) is 0 Å². The number of fused-ring (bicyclic) bond motifs is 3. The quantitative estimate of drug-likeness (QED) is 0.542. The van der Waals surface area contributed by atoms with Crippen LogP contribution in [0.2, 0.25) is 0 Å². The monoisotopic (exact) mass is 269 g/mol. The van der Waals surface area contributed by atoms with E-state index in [0.29, 0.717) is 27.7 Å². The van der Waals surface area contributed by atoms with Crippen LogP contribution in [-0.2, 0) is 0 Å². The highest BCUT2D eigenvalue weighted by Crippen LogP contribution is 2.28. The number of carboxylic acid groups (broad SMARTS) is 1. The van der Waals surface area contributed by atoms with Gasteiger partial charge in [0.25, 0.3) is 0 Å². The van der Waals surface area contributed by atoms with Crippen LogP contribution in [0.15, 0.2) is 33.5 Å². The number of nitrogens with zero attached hydrogens (tertiary/aromatic N) is 1. The van der Waals surface area contributed by atoms with Gasteiger partial charge in [-0.15, -0.1) is 0 Å². The largest absolute Gasteiger partial charge is 0.478 e. The van der Waals surface area contributed by atoms with Crippen molar-refractivity contribution < 1.29 is 14.3 Å². The lowest BCUT2D eigenvalue weighted by Crippen LogP contribution is -2.11. The van der Waals surface area contributed by atoms with Gasteiger partial charge in [-0.05, 0) is 19.9 Å². The van der Waals surface area contributed by atoms with Gasteiger partial charge in [-0.1, -0.05) is 18.2 Å². The molecule has 2 heterocycles. The Labute approximate surface area is 113 Å². The van der Waals surface area contributed by atoms with E-state index in [1.165, 1.54) is 0 Å². The van der Waals surface area contributed by atoms with E-state index in [0.717, 1.165) is 0 Å². The molecule has 0 atom stereocenters. The number of aryl methyl sites for hydroxylation is 2. The second-order valence-electron chi connectivity index (χ2n) is 4.60. The van der Waals surface area contributed by atoms with Gasteiger partial charge < -0.3 is 9.52 Å². The molecule has 2 aromatic heterocycles. The van der Waals surface area contributed by atoms with Crippen LogP contribution in [0.5, 0.6) is 0 Å². The maximum atomic E-state index is 12.1. The predicted molar refractivity (Wildman–Crippen MR) is 74.2 cm³/mol. The lowest BCUT2D eigenvalue weighted by Gasteiger charge is -2.10. The van der Waals surface area contributed by atoms with Crippen molar-refractivity contribution in [1.29, 1.82) is 0 Å². The fraction of sp³-hybridized carbons (Fsp3) is 0.133. The summed E-state index contributed by atoms with van der Waals surface area (Å²) in [5.41, 5.74) is 0.721. The zero-order valence-corrected chi connectivity index (χ0v) is 10.9. The van der Waals surface area contributed by atoms with Crippen LogP contribution in [0.25, 0.3) is 21.7 Å². The van der Waals surface area contributed by atoms with Gasteiger partial charge in [0.1, 0.15) is 5.58 Å². The number of hydrogen-bond donors (Lipinski definition) is 1. The van der Waals surface area contributed by atoms with E-state index in [2.05, 4.69) is 4.98 Å². The van der Waals surface area contributed by atoms with Gasteiger partial charge in [-0.2, -0.15) is 0 Å². The minimum absolute atomic E-state index is 0.0506. The zero-order chi connectivity index (χ0) is 14.4. The van der Waals surface area contributed by atoms with E-state index in [1.54, 1.807) is 38.1 Å². The van der Waals surface area contributed by atoms with Gasteiger partial charge in [-0.25, -0.2) is 9.59 Å². The van der Waals surface area contributed by atoms with Crippen LogP contribution in [0.1, 0.15) is 21.7 Å². The van der Waals surface area contributed by atoms with Gasteiger partial charge in [0, 0.05) is 10.8 Å². The van der Waals surface area contributed by atoms with E-state index in [-0.39, 0.29) is 10.9 Å². The van der Waals surface area contributed by atoms with Crippen molar-refractivity contribution in [3.05, 3.63) is 51.6 Å². The van der Waals surface area contributed by atoms with Crippen molar-refractivity contribution in [2.45, 2.75) is 13.8 Å². The van der Waals surface area contributed by atoms with E-state index in [9.17, 15) is 14.7 Å². The van der Waals surface area contributed by atoms with Crippen molar-refractivity contribution in [3.8, 4) is 0 Å². The maximum absolute atomic E-state index is 12.1. The number of aromatic carboxylic acids is 1. The highest BCUT2D eigenvalue weighted by Gasteiger charge is 2.20. The molecule has 0 spiro atoms. The molecule has 0 bridgehead atoms. The number of para-hydroxylation sites is 1. The molecule has 0 aliphatic heterocycles. The average molecular weight is 269 g/mol. The van der Waals surface area contributed by atoms with Crippen molar-refractivity contribution in [1.82, 2.24) is 4.98 Å². The molecular weight excluding hydrogens is 258 g/mol. The van der Waals surface area contributed by atoms with Crippen LogP contribution in [-0.4, -0.2) is 16.1 Å². The number of hydrogen-bond acceptors (Lipinski definition) is 4. The van der Waals surface area contributed by atoms with Crippen LogP contribution in [0.4, 0.5) is 0 Å². The summed E-state index contributed by atoms with van der Waals surface area (Å²) >= 11 is 0. The number of rotatable bonds is 1. The normalized spacial score (nSPS) is 11.1. The smallest absolute Gasteiger partial charge is 0.346 e. The number of pyridine rings is 1. The molecule has 3 rings (SSSR count). The Bertz CT molecular complexity index is 924. The Morgan fingerprint density at radius 1 is 1.15 bits per heavy atom. The summed E-state index contributed by atoms with van der Waals surface area (Å²) in [6, 6.07) is 6.90. The summed E-state index contributed by atoms with van der Waals surface area (Å²) in [5, 5.41) is 10.7. The molecule has 0 radical (unpaired) electrons. The lowest BCUT2D eigenvalue weighted by atomic mass is 10.00. The van der Waals surface area contributed by atoms with Crippen LogP contribution < -0.4 is 5.63 Å². The zero-order valence-electron chi connectivity index (χ0n) is 10.9. The van der Waals surface area contributed by atoms with Gasteiger partial charge in [0.05, 0.1) is 22.3 Å². The summed E-state index contributed by atoms with van der Waals surface area (Å²) in [6.07, 6.45) is 0. The summed E-state index contributed by atoms with van der Waals surface area (Å²) in [4.78, 5) is 27.8. The summed E-state index contributed by atoms with van der Waals surface area (Å²) in [5.74, 6) is -1.10. The molecule has 5 nitrogen and oxygen atoms in total. The molecule has 1 aromatic carbocycles. The molecule has 0 aliphatic carbocycles. The number of carboxylic acids is 1. The third kappa shape index (κ3) is 1.60. The maximum Gasteiger partial charge on any atom is 0.346 e. The lowest BCUT2D eigenvalue weighted by molar-refractivity contribution is 0.0698. The SMILES string of the molecule is Cc1nc(C)c2c(=O)oc3ccccc3c2c1C(=O)O. The fourth-order valence-corrected chi connectivity index (χ4v) is 2.54. The Hall–Kier alpha value is -2.69. The molecule has 0 unspecified atom stereocenters. The predicted octanol–water partition coefficient (Wildman–Crippen LogP) is 2.66. The summed E-state index contributed by atoms with van der Waals surface area (Å²) < 4.78 is 5.24. The Balaban J connectivity index is 2.76.